The number of Topliss-reactive ketones (excluding diaryl/α,β-unsaturated/α-hetero) is 2. The molecule has 1 saturated heterocycles. The predicted molar refractivity (Wildman–Crippen MR) is 138 cm³/mol. The first-order valence-corrected chi connectivity index (χ1v) is 12.0. The molecule has 9 nitrogen and oxygen atoms in total. The van der Waals surface area contributed by atoms with Gasteiger partial charge in [-0.3, -0.25) is 19.4 Å². The van der Waals surface area contributed by atoms with Crippen molar-refractivity contribution in [2.24, 2.45) is 5.92 Å². The number of ether oxygens (including phenoxy) is 2. The number of benzene rings is 2. The number of rotatable bonds is 8. The number of hydrogen-bond acceptors (Lipinski definition) is 7. The van der Waals surface area contributed by atoms with Crippen LogP contribution in [0.1, 0.15) is 37.9 Å². The Kier molecular flexibility index (Phi) is 6.74. The normalized spacial score (nSPS) is 17.2. The van der Waals surface area contributed by atoms with Crippen LogP contribution >= 0.6 is 0 Å². The minimum Gasteiger partial charge on any atom is -0.497 e. The average molecular weight is 512 g/mol. The molecule has 4 aromatic rings. The SMILES string of the molecule is COC(=O)c1ccc(C2C(C(=O)c3cccnc3)C(=O)C(=O)N2CCc2c[nH]c3ccc(OC)cc23)cc1. The van der Waals surface area contributed by atoms with Gasteiger partial charge >= 0.3 is 5.97 Å². The quantitative estimate of drug-likeness (QED) is 0.166. The third-order valence-corrected chi connectivity index (χ3v) is 6.90. The molecule has 1 amide bonds. The van der Waals surface area contributed by atoms with E-state index in [9.17, 15) is 19.2 Å². The van der Waals surface area contributed by atoms with Crippen LogP contribution < -0.4 is 4.74 Å². The zero-order valence-corrected chi connectivity index (χ0v) is 20.8. The molecule has 0 spiro atoms. The highest BCUT2D eigenvalue weighted by Crippen LogP contribution is 2.38. The predicted octanol–water partition coefficient (Wildman–Crippen LogP) is 3.55. The van der Waals surface area contributed by atoms with Crippen molar-refractivity contribution in [3.05, 3.63) is 95.4 Å². The monoisotopic (exact) mass is 511 g/mol. The fraction of sp³-hybridized carbons (Fsp3) is 0.207. The third-order valence-electron chi connectivity index (χ3n) is 6.90. The molecule has 1 N–H and O–H groups in total. The molecule has 5 rings (SSSR count). The molecule has 2 unspecified atom stereocenters. The maximum absolute atomic E-state index is 13.5. The van der Waals surface area contributed by atoms with Gasteiger partial charge in [-0.05, 0) is 60.0 Å². The van der Waals surface area contributed by atoms with Crippen molar-refractivity contribution >= 4 is 34.3 Å². The fourth-order valence-electron chi connectivity index (χ4n) is 4.95. The lowest BCUT2D eigenvalue weighted by Crippen LogP contribution is -2.32. The van der Waals surface area contributed by atoms with E-state index in [2.05, 4.69) is 9.97 Å². The van der Waals surface area contributed by atoms with Crippen LogP contribution in [0.5, 0.6) is 5.75 Å². The number of likely N-dealkylation sites (tertiary alicyclic amines) is 1. The molecule has 1 aliphatic rings. The first-order chi connectivity index (χ1) is 18.4. The van der Waals surface area contributed by atoms with E-state index < -0.39 is 35.4 Å². The van der Waals surface area contributed by atoms with E-state index in [0.717, 1.165) is 16.5 Å². The number of nitrogens with zero attached hydrogens (tertiary/aromatic N) is 2. The van der Waals surface area contributed by atoms with Crippen molar-refractivity contribution in [2.45, 2.75) is 12.5 Å². The van der Waals surface area contributed by atoms with Gasteiger partial charge < -0.3 is 19.4 Å². The minimum absolute atomic E-state index is 0.203. The van der Waals surface area contributed by atoms with Crippen molar-refractivity contribution in [2.75, 3.05) is 20.8 Å². The van der Waals surface area contributed by atoms with Crippen LogP contribution in [0.25, 0.3) is 10.9 Å². The summed E-state index contributed by atoms with van der Waals surface area (Å²) < 4.78 is 10.1. The summed E-state index contributed by atoms with van der Waals surface area (Å²) in [6.45, 7) is 0.203. The molecule has 1 fully saturated rings. The summed E-state index contributed by atoms with van der Waals surface area (Å²) in [6.07, 6.45) is 5.23. The first-order valence-electron chi connectivity index (χ1n) is 12.0. The molecule has 2 atom stereocenters. The van der Waals surface area contributed by atoms with Crippen molar-refractivity contribution in [1.82, 2.24) is 14.9 Å². The van der Waals surface area contributed by atoms with Crippen molar-refractivity contribution in [1.29, 1.82) is 0 Å². The van der Waals surface area contributed by atoms with Gasteiger partial charge in [-0.15, -0.1) is 0 Å². The summed E-state index contributed by atoms with van der Waals surface area (Å²) in [4.78, 5) is 60.7. The Bertz CT molecular complexity index is 1530. The van der Waals surface area contributed by atoms with Crippen molar-refractivity contribution in [3.63, 3.8) is 0 Å². The van der Waals surface area contributed by atoms with E-state index in [1.165, 1.54) is 24.4 Å². The zero-order chi connectivity index (χ0) is 26.8. The van der Waals surface area contributed by atoms with Gasteiger partial charge in [-0.25, -0.2) is 4.79 Å². The number of pyridine rings is 1. The Balaban J connectivity index is 1.51. The second-order valence-electron chi connectivity index (χ2n) is 8.98. The number of carbonyl (C=O) groups is 4. The Hall–Kier alpha value is -4.79. The number of fused-ring (bicyclic) bond motifs is 1. The molecule has 192 valence electrons. The van der Waals surface area contributed by atoms with Crippen LogP contribution in [0.3, 0.4) is 0 Å². The Morgan fingerprint density at radius 2 is 1.82 bits per heavy atom. The van der Waals surface area contributed by atoms with Gasteiger partial charge in [0.25, 0.3) is 5.91 Å². The van der Waals surface area contributed by atoms with E-state index in [-0.39, 0.29) is 12.1 Å². The number of H-pyrrole nitrogens is 1. The van der Waals surface area contributed by atoms with Crippen LogP contribution in [-0.4, -0.2) is 59.1 Å². The molecular formula is C29H25N3O6. The van der Waals surface area contributed by atoms with Gasteiger partial charge in [-0.2, -0.15) is 0 Å². The summed E-state index contributed by atoms with van der Waals surface area (Å²) in [5.74, 6) is -2.99. The summed E-state index contributed by atoms with van der Waals surface area (Å²) in [6, 6.07) is 14.4. The van der Waals surface area contributed by atoms with Crippen LogP contribution in [0.2, 0.25) is 0 Å². The lowest BCUT2D eigenvalue weighted by molar-refractivity contribution is -0.140. The summed E-state index contributed by atoms with van der Waals surface area (Å²) in [5, 5.41) is 0.948. The number of hydrogen-bond donors (Lipinski definition) is 1. The van der Waals surface area contributed by atoms with Gasteiger partial charge in [-0.1, -0.05) is 12.1 Å². The standard InChI is InChI=1S/C29H25N3O6/c1-37-21-9-10-23-22(14-21)19(16-31-23)11-13-32-25(17-5-7-18(8-6-17)29(36)38-2)24(27(34)28(32)35)26(33)20-4-3-12-30-15-20/h3-10,12,14-16,24-25,31H,11,13H2,1-2H3. The van der Waals surface area contributed by atoms with Gasteiger partial charge in [0, 0.05) is 41.6 Å². The molecule has 2 aromatic heterocycles. The number of carbonyl (C=O) groups excluding carboxylic acids is 4. The topological polar surface area (TPSA) is 119 Å². The van der Waals surface area contributed by atoms with E-state index >= 15 is 0 Å². The third kappa shape index (κ3) is 4.43. The Morgan fingerprint density at radius 3 is 2.50 bits per heavy atom. The number of ketones is 2. The van der Waals surface area contributed by atoms with Crippen molar-refractivity contribution < 1.29 is 28.7 Å². The van der Waals surface area contributed by atoms with Crippen LogP contribution in [0, 0.1) is 5.92 Å². The number of methoxy groups -OCH3 is 2. The molecule has 0 bridgehead atoms. The lowest BCUT2D eigenvalue weighted by Gasteiger charge is -2.27. The summed E-state index contributed by atoms with van der Waals surface area (Å²) in [7, 11) is 2.88. The van der Waals surface area contributed by atoms with E-state index in [1.54, 1.807) is 43.5 Å². The van der Waals surface area contributed by atoms with E-state index in [1.807, 2.05) is 24.4 Å². The Labute approximate surface area is 218 Å². The fourth-order valence-corrected chi connectivity index (χ4v) is 4.95. The number of nitrogens with one attached hydrogen (secondary N) is 1. The molecule has 0 radical (unpaired) electrons. The number of aromatic nitrogens is 2. The number of aromatic amines is 1. The lowest BCUT2D eigenvalue weighted by atomic mass is 9.86. The van der Waals surface area contributed by atoms with Crippen LogP contribution in [-0.2, 0) is 20.7 Å². The molecule has 0 saturated carbocycles. The highest BCUT2D eigenvalue weighted by Gasteiger charge is 2.51. The summed E-state index contributed by atoms with van der Waals surface area (Å²) in [5.41, 5.74) is 3.01. The molecule has 0 aliphatic carbocycles. The van der Waals surface area contributed by atoms with Gasteiger partial charge in [0.2, 0.25) is 5.78 Å². The second-order valence-corrected chi connectivity index (χ2v) is 8.98. The minimum atomic E-state index is -1.24. The maximum atomic E-state index is 13.5. The number of amides is 1. The number of esters is 1. The largest absolute Gasteiger partial charge is 0.497 e. The van der Waals surface area contributed by atoms with Gasteiger partial charge in [0.05, 0.1) is 25.8 Å². The van der Waals surface area contributed by atoms with Gasteiger partial charge in [0.15, 0.2) is 5.78 Å². The molecule has 3 heterocycles. The van der Waals surface area contributed by atoms with E-state index in [4.69, 9.17) is 9.47 Å². The average Bonchev–Trinajstić information content (AvgIpc) is 3.48. The highest BCUT2D eigenvalue weighted by atomic mass is 16.5. The zero-order valence-electron chi connectivity index (χ0n) is 20.8. The summed E-state index contributed by atoms with van der Waals surface area (Å²) >= 11 is 0. The second kappa shape index (κ2) is 10.3. The molecule has 2 aromatic carbocycles. The Morgan fingerprint density at radius 1 is 1.03 bits per heavy atom. The van der Waals surface area contributed by atoms with E-state index in [0.29, 0.717) is 23.3 Å². The smallest absolute Gasteiger partial charge is 0.337 e. The molecule has 38 heavy (non-hydrogen) atoms. The van der Waals surface area contributed by atoms with Crippen LogP contribution in [0.15, 0.2) is 73.2 Å². The maximum Gasteiger partial charge on any atom is 0.337 e. The van der Waals surface area contributed by atoms with Crippen LogP contribution in [0.4, 0.5) is 0 Å². The first kappa shape index (κ1) is 24.9. The molecular weight excluding hydrogens is 486 g/mol. The molecule has 9 heteroatoms. The molecule has 1 aliphatic heterocycles. The van der Waals surface area contributed by atoms with Crippen molar-refractivity contribution in [3.8, 4) is 5.75 Å². The van der Waals surface area contributed by atoms with Gasteiger partial charge in [0.1, 0.15) is 11.7 Å². The highest BCUT2D eigenvalue weighted by molar-refractivity contribution is 6.44.